The fourth-order valence-electron chi connectivity index (χ4n) is 3.10. The fourth-order valence-corrected chi connectivity index (χ4v) is 4.73. The quantitative estimate of drug-likeness (QED) is 0.410. The Morgan fingerprint density at radius 3 is 2.03 bits per heavy atom. The molecule has 0 fully saturated rings. The van der Waals surface area contributed by atoms with Crippen LogP contribution in [0.15, 0.2) is 76.5 Å². The highest BCUT2D eigenvalue weighted by Gasteiger charge is 2.17. The van der Waals surface area contributed by atoms with Gasteiger partial charge in [-0.1, -0.05) is 12.1 Å². The number of sulfonamides is 2. The van der Waals surface area contributed by atoms with E-state index in [2.05, 4.69) is 10.0 Å². The zero-order valence-corrected chi connectivity index (χ0v) is 21.8. The third-order valence-electron chi connectivity index (χ3n) is 5.21. The number of anilines is 1. The van der Waals surface area contributed by atoms with Gasteiger partial charge in [0.25, 0.3) is 5.91 Å². The third kappa shape index (κ3) is 6.21. The Hall–Kier alpha value is -3.45. The van der Waals surface area contributed by atoms with Crippen LogP contribution >= 0.6 is 0 Å². The van der Waals surface area contributed by atoms with E-state index in [0.717, 1.165) is 9.87 Å². The number of carbonyl (C=O) groups is 1. The molecule has 2 N–H and O–H groups in total. The van der Waals surface area contributed by atoms with Crippen molar-refractivity contribution in [2.75, 3.05) is 33.6 Å². The summed E-state index contributed by atoms with van der Waals surface area (Å²) in [7, 11) is -1.37. The highest BCUT2D eigenvalue weighted by Crippen LogP contribution is 2.29. The Labute approximate surface area is 211 Å². The molecular weight excluding hydrogens is 506 g/mol. The minimum Gasteiger partial charge on any atom is -0.493 e. The Morgan fingerprint density at radius 1 is 0.861 bits per heavy atom. The van der Waals surface area contributed by atoms with Crippen LogP contribution in [0.5, 0.6) is 11.5 Å². The molecule has 0 aliphatic heterocycles. The van der Waals surface area contributed by atoms with Gasteiger partial charge in [0.1, 0.15) is 6.61 Å². The first-order chi connectivity index (χ1) is 17.0. The van der Waals surface area contributed by atoms with Crippen LogP contribution in [0.3, 0.4) is 0 Å². The van der Waals surface area contributed by atoms with Crippen LogP contribution in [0.1, 0.15) is 15.9 Å². The van der Waals surface area contributed by atoms with E-state index in [1.807, 2.05) is 0 Å². The third-order valence-corrected chi connectivity index (χ3v) is 8.47. The number of benzene rings is 3. The molecule has 0 heterocycles. The van der Waals surface area contributed by atoms with Crippen LogP contribution in [-0.4, -0.2) is 55.3 Å². The number of amides is 1. The molecule has 3 rings (SSSR count). The van der Waals surface area contributed by atoms with Crippen molar-refractivity contribution in [1.29, 1.82) is 0 Å². The number of ether oxygens (including phenoxy) is 2. The van der Waals surface area contributed by atoms with Gasteiger partial charge in [-0.3, -0.25) is 4.79 Å². The lowest BCUT2D eigenvalue weighted by molar-refractivity contribution is 0.102. The molecule has 0 aromatic heterocycles. The summed E-state index contributed by atoms with van der Waals surface area (Å²) in [5, 5.41) is 2.71. The average molecular weight is 534 g/mol. The SMILES string of the molecule is CNS(=O)(=O)c1ccc(NC(=O)c2ccc(OCc3ccc(S(=O)(=O)N(C)C)cc3)c(OC)c2)cc1. The molecule has 0 aliphatic carbocycles. The first-order valence-corrected chi connectivity index (χ1v) is 13.6. The Balaban J connectivity index is 1.68. The lowest BCUT2D eigenvalue weighted by atomic mass is 10.1. The summed E-state index contributed by atoms with van der Waals surface area (Å²) in [5.74, 6) is 0.326. The van der Waals surface area contributed by atoms with Gasteiger partial charge in [-0.15, -0.1) is 0 Å². The van der Waals surface area contributed by atoms with Crippen molar-refractivity contribution in [1.82, 2.24) is 9.03 Å². The van der Waals surface area contributed by atoms with E-state index in [9.17, 15) is 21.6 Å². The Bertz CT molecular complexity index is 1440. The van der Waals surface area contributed by atoms with Crippen molar-refractivity contribution >= 4 is 31.6 Å². The minimum absolute atomic E-state index is 0.0835. The zero-order chi connectivity index (χ0) is 26.5. The van der Waals surface area contributed by atoms with Gasteiger partial charge in [0.15, 0.2) is 11.5 Å². The van der Waals surface area contributed by atoms with Crippen LogP contribution in [0.4, 0.5) is 5.69 Å². The first-order valence-electron chi connectivity index (χ1n) is 10.6. The topological polar surface area (TPSA) is 131 Å². The van der Waals surface area contributed by atoms with E-state index < -0.39 is 26.0 Å². The van der Waals surface area contributed by atoms with Gasteiger partial charge in [-0.05, 0) is 67.2 Å². The largest absolute Gasteiger partial charge is 0.493 e. The Morgan fingerprint density at radius 2 is 1.47 bits per heavy atom. The maximum Gasteiger partial charge on any atom is 0.255 e. The Kier molecular flexibility index (Phi) is 8.35. The number of hydrogen-bond donors (Lipinski definition) is 2. The van der Waals surface area contributed by atoms with Crippen LogP contribution in [0.25, 0.3) is 0 Å². The fraction of sp³-hybridized carbons (Fsp3) is 0.208. The highest BCUT2D eigenvalue weighted by molar-refractivity contribution is 7.89. The number of rotatable bonds is 10. The number of carbonyl (C=O) groups excluding carboxylic acids is 1. The summed E-state index contributed by atoms with van der Waals surface area (Å²) < 4.78 is 62.6. The maximum atomic E-state index is 12.7. The van der Waals surface area contributed by atoms with Gasteiger partial charge in [0, 0.05) is 25.3 Å². The molecule has 0 radical (unpaired) electrons. The standard InChI is InChI=1S/C24H27N3O7S2/c1-25-35(29,30)20-12-8-19(9-13-20)26-24(28)18-7-14-22(23(15-18)33-4)34-16-17-5-10-21(11-6-17)36(31,32)27(2)3/h5-15,25H,16H2,1-4H3,(H,26,28). The second-order valence-corrected chi connectivity index (χ2v) is 11.8. The second-order valence-electron chi connectivity index (χ2n) is 7.77. The second kappa shape index (κ2) is 11.1. The summed E-state index contributed by atoms with van der Waals surface area (Å²) in [5.41, 5.74) is 1.48. The predicted octanol–water partition coefficient (Wildman–Crippen LogP) is 2.68. The van der Waals surface area contributed by atoms with Crippen molar-refractivity contribution < 1.29 is 31.1 Å². The van der Waals surface area contributed by atoms with Gasteiger partial charge < -0.3 is 14.8 Å². The zero-order valence-electron chi connectivity index (χ0n) is 20.2. The van der Waals surface area contributed by atoms with E-state index in [1.54, 1.807) is 24.3 Å². The van der Waals surface area contributed by atoms with Gasteiger partial charge >= 0.3 is 0 Å². The number of methoxy groups -OCH3 is 1. The molecule has 0 atom stereocenters. The molecule has 0 saturated heterocycles. The molecule has 0 spiro atoms. The summed E-state index contributed by atoms with van der Waals surface area (Å²) in [6.07, 6.45) is 0. The predicted molar refractivity (Wildman–Crippen MR) is 135 cm³/mol. The molecule has 0 saturated carbocycles. The van der Waals surface area contributed by atoms with E-state index >= 15 is 0 Å². The van der Waals surface area contributed by atoms with E-state index in [4.69, 9.17) is 9.47 Å². The summed E-state index contributed by atoms with van der Waals surface area (Å²) in [4.78, 5) is 12.9. The molecular formula is C24H27N3O7S2. The molecule has 192 valence electrons. The first kappa shape index (κ1) is 27.1. The van der Waals surface area contributed by atoms with Crippen molar-refractivity contribution in [2.45, 2.75) is 16.4 Å². The van der Waals surface area contributed by atoms with Gasteiger partial charge in [0.05, 0.1) is 16.9 Å². The average Bonchev–Trinajstić information content (AvgIpc) is 2.87. The molecule has 1 amide bonds. The van der Waals surface area contributed by atoms with Crippen molar-refractivity contribution in [3.8, 4) is 11.5 Å². The summed E-state index contributed by atoms with van der Waals surface area (Å²) in [6, 6.07) is 16.8. The van der Waals surface area contributed by atoms with E-state index in [1.165, 1.54) is 70.7 Å². The summed E-state index contributed by atoms with van der Waals surface area (Å²) >= 11 is 0. The van der Waals surface area contributed by atoms with Crippen molar-refractivity contribution in [3.05, 3.63) is 77.9 Å². The molecule has 12 heteroatoms. The van der Waals surface area contributed by atoms with Gasteiger partial charge in [-0.25, -0.2) is 25.9 Å². The lowest BCUT2D eigenvalue weighted by Crippen LogP contribution is -2.22. The number of hydrogen-bond acceptors (Lipinski definition) is 7. The number of nitrogens with one attached hydrogen (secondary N) is 2. The van der Waals surface area contributed by atoms with Crippen LogP contribution in [0, 0.1) is 0 Å². The monoisotopic (exact) mass is 533 g/mol. The molecule has 0 aliphatic rings. The van der Waals surface area contributed by atoms with Crippen LogP contribution in [0.2, 0.25) is 0 Å². The minimum atomic E-state index is -3.57. The molecule has 0 unspecified atom stereocenters. The van der Waals surface area contributed by atoms with Gasteiger partial charge in [-0.2, -0.15) is 0 Å². The lowest BCUT2D eigenvalue weighted by Gasteiger charge is -2.14. The van der Waals surface area contributed by atoms with E-state index in [-0.39, 0.29) is 16.4 Å². The van der Waals surface area contributed by atoms with Crippen LogP contribution in [-0.2, 0) is 26.7 Å². The molecule has 36 heavy (non-hydrogen) atoms. The molecule has 3 aromatic rings. The molecule has 10 nitrogen and oxygen atoms in total. The smallest absolute Gasteiger partial charge is 0.255 e. The van der Waals surface area contributed by atoms with Crippen molar-refractivity contribution in [2.24, 2.45) is 0 Å². The number of nitrogens with zero attached hydrogens (tertiary/aromatic N) is 1. The van der Waals surface area contributed by atoms with E-state index in [0.29, 0.717) is 22.7 Å². The van der Waals surface area contributed by atoms with Crippen molar-refractivity contribution in [3.63, 3.8) is 0 Å². The molecule has 3 aromatic carbocycles. The molecule has 0 bridgehead atoms. The van der Waals surface area contributed by atoms with Gasteiger partial charge in [0.2, 0.25) is 20.0 Å². The summed E-state index contributed by atoms with van der Waals surface area (Å²) in [6.45, 7) is 0.159. The highest BCUT2D eigenvalue weighted by atomic mass is 32.2. The van der Waals surface area contributed by atoms with Crippen LogP contribution < -0.4 is 19.5 Å². The normalized spacial score (nSPS) is 11.8. The maximum absolute atomic E-state index is 12.7.